The van der Waals surface area contributed by atoms with Gasteiger partial charge in [0.15, 0.2) is 0 Å². The highest BCUT2D eigenvalue weighted by molar-refractivity contribution is 5.83. The Balaban J connectivity index is 1.87. The van der Waals surface area contributed by atoms with Crippen molar-refractivity contribution < 1.29 is 4.79 Å². The van der Waals surface area contributed by atoms with E-state index in [4.69, 9.17) is 0 Å². The van der Waals surface area contributed by atoms with Crippen LogP contribution in [0.3, 0.4) is 0 Å². The van der Waals surface area contributed by atoms with E-state index in [0.29, 0.717) is 18.6 Å². The molecule has 18 heavy (non-hydrogen) atoms. The van der Waals surface area contributed by atoms with Gasteiger partial charge >= 0.3 is 0 Å². The third kappa shape index (κ3) is 3.73. The average molecular weight is 243 g/mol. The molecule has 0 amide bonds. The van der Waals surface area contributed by atoms with Gasteiger partial charge in [0.25, 0.3) is 0 Å². The molecule has 0 spiro atoms. The lowest BCUT2D eigenvalue weighted by Gasteiger charge is -2.27. The Morgan fingerprint density at radius 1 is 1.22 bits per heavy atom. The van der Waals surface area contributed by atoms with Gasteiger partial charge in [-0.05, 0) is 17.4 Å². The van der Waals surface area contributed by atoms with Crippen LogP contribution in [0.1, 0.15) is 32.3 Å². The molecule has 2 heteroatoms. The summed E-state index contributed by atoms with van der Waals surface area (Å²) in [5.74, 6) is 0.338. The summed E-state index contributed by atoms with van der Waals surface area (Å²) in [6.45, 7) is 5.12. The van der Waals surface area contributed by atoms with Crippen molar-refractivity contribution in [1.29, 1.82) is 0 Å². The zero-order valence-electron chi connectivity index (χ0n) is 11.2. The summed E-state index contributed by atoms with van der Waals surface area (Å²) in [6.07, 6.45) is 4.43. The molecule has 1 aliphatic rings. The minimum Gasteiger partial charge on any atom is -0.388 e. The number of carbonyl (C=O) groups excluding carboxylic acids is 1. The molecular weight excluding hydrogens is 222 g/mol. The number of carbonyl (C=O) groups is 1. The van der Waals surface area contributed by atoms with E-state index < -0.39 is 0 Å². The molecule has 1 aromatic rings. The number of hydrogen-bond donors (Lipinski definition) is 1. The first kappa shape index (κ1) is 12.9. The van der Waals surface area contributed by atoms with Crippen LogP contribution in [0, 0.1) is 5.41 Å². The predicted octanol–water partition coefficient (Wildman–Crippen LogP) is 3.09. The SMILES string of the molecule is CC1(C)C=C(NCCc2ccccc2)CC(=O)C1. The smallest absolute Gasteiger partial charge is 0.139 e. The summed E-state index contributed by atoms with van der Waals surface area (Å²) in [7, 11) is 0. The number of benzene rings is 1. The van der Waals surface area contributed by atoms with Gasteiger partial charge < -0.3 is 5.32 Å². The monoisotopic (exact) mass is 243 g/mol. The van der Waals surface area contributed by atoms with Crippen molar-refractivity contribution in [3.8, 4) is 0 Å². The number of ketones is 1. The molecule has 0 heterocycles. The quantitative estimate of drug-likeness (QED) is 0.880. The van der Waals surface area contributed by atoms with E-state index in [1.807, 2.05) is 6.07 Å². The van der Waals surface area contributed by atoms with Gasteiger partial charge in [-0.25, -0.2) is 0 Å². The van der Waals surface area contributed by atoms with Crippen LogP contribution in [0.25, 0.3) is 0 Å². The number of hydrogen-bond acceptors (Lipinski definition) is 2. The first-order chi connectivity index (χ1) is 8.55. The van der Waals surface area contributed by atoms with Crippen LogP contribution in [0.15, 0.2) is 42.1 Å². The Morgan fingerprint density at radius 3 is 2.61 bits per heavy atom. The van der Waals surface area contributed by atoms with E-state index >= 15 is 0 Å². The highest BCUT2D eigenvalue weighted by Crippen LogP contribution is 2.29. The van der Waals surface area contributed by atoms with Gasteiger partial charge in [0.05, 0.1) is 0 Å². The van der Waals surface area contributed by atoms with Crippen molar-refractivity contribution in [3.05, 3.63) is 47.7 Å². The van der Waals surface area contributed by atoms with Gasteiger partial charge in [-0.2, -0.15) is 0 Å². The normalized spacial score (nSPS) is 18.3. The van der Waals surface area contributed by atoms with E-state index in [2.05, 4.69) is 49.5 Å². The van der Waals surface area contributed by atoms with Gasteiger partial charge in [0.2, 0.25) is 0 Å². The topological polar surface area (TPSA) is 29.1 Å². The predicted molar refractivity (Wildman–Crippen MR) is 74.3 cm³/mol. The van der Waals surface area contributed by atoms with Crippen LogP contribution in [0.2, 0.25) is 0 Å². The second-order valence-electron chi connectivity index (χ2n) is 5.71. The van der Waals surface area contributed by atoms with Gasteiger partial charge in [-0.15, -0.1) is 0 Å². The summed E-state index contributed by atoms with van der Waals surface area (Å²) in [5.41, 5.74) is 2.42. The van der Waals surface area contributed by atoms with E-state index in [1.54, 1.807) is 0 Å². The molecule has 1 aliphatic carbocycles. The Morgan fingerprint density at radius 2 is 1.94 bits per heavy atom. The second kappa shape index (κ2) is 5.38. The fourth-order valence-corrected chi connectivity index (χ4v) is 2.48. The maximum atomic E-state index is 11.6. The molecule has 0 bridgehead atoms. The van der Waals surface area contributed by atoms with Crippen molar-refractivity contribution in [1.82, 2.24) is 5.32 Å². The average Bonchev–Trinajstić information content (AvgIpc) is 2.27. The zero-order valence-corrected chi connectivity index (χ0v) is 11.2. The molecule has 0 saturated heterocycles. The fraction of sp³-hybridized carbons (Fsp3) is 0.438. The number of nitrogens with one attached hydrogen (secondary N) is 1. The molecule has 0 fully saturated rings. The molecule has 2 nitrogen and oxygen atoms in total. The van der Waals surface area contributed by atoms with Crippen LogP contribution in [0.5, 0.6) is 0 Å². The number of Topliss-reactive ketones (excluding diaryl/α,β-unsaturated/α-hetero) is 1. The van der Waals surface area contributed by atoms with Gasteiger partial charge in [-0.3, -0.25) is 4.79 Å². The highest BCUT2D eigenvalue weighted by Gasteiger charge is 2.25. The molecule has 1 aromatic carbocycles. The van der Waals surface area contributed by atoms with E-state index in [-0.39, 0.29) is 5.41 Å². The van der Waals surface area contributed by atoms with Crippen LogP contribution >= 0.6 is 0 Å². The molecule has 0 aromatic heterocycles. The second-order valence-corrected chi connectivity index (χ2v) is 5.71. The summed E-state index contributed by atoms with van der Waals surface area (Å²) in [4.78, 5) is 11.6. The summed E-state index contributed by atoms with van der Waals surface area (Å²) in [5, 5.41) is 3.40. The highest BCUT2D eigenvalue weighted by atomic mass is 16.1. The first-order valence-corrected chi connectivity index (χ1v) is 6.56. The standard InChI is InChI=1S/C16H21NO/c1-16(2)11-14(10-15(18)12-16)17-9-8-13-6-4-3-5-7-13/h3-7,11,17H,8-10,12H2,1-2H3. The minimum atomic E-state index is 0.00438. The molecule has 0 unspecified atom stereocenters. The molecule has 0 saturated carbocycles. The lowest BCUT2D eigenvalue weighted by atomic mass is 9.81. The Labute approximate surface area is 109 Å². The molecular formula is C16H21NO. The molecule has 1 N–H and O–H groups in total. The Bertz CT molecular complexity index is 445. The third-order valence-electron chi connectivity index (χ3n) is 3.21. The lowest BCUT2D eigenvalue weighted by Crippen LogP contribution is -2.28. The van der Waals surface area contributed by atoms with E-state index in [0.717, 1.165) is 18.7 Å². The third-order valence-corrected chi connectivity index (χ3v) is 3.21. The fourth-order valence-electron chi connectivity index (χ4n) is 2.48. The first-order valence-electron chi connectivity index (χ1n) is 6.56. The van der Waals surface area contributed by atoms with Crippen molar-refractivity contribution in [2.45, 2.75) is 33.1 Å². The van der Waals surface area contributed by atoms with Gasteiger partial charge in [0, 0.05) is 25.1 Å². The summed E-state index contributed by atoms with van der Waals surface area (Å²) >= 11 is 0. The van der Waals surface area contributed by atoms with Crippen molar-refractivity contribution >= 4 is 5.78 Å². The summed E-state index contributed by atoms with van der Waals surface area (Å²) < 4.78 is 0. The van der Waals surface area contributed by atoms with Crippen molar-refractivity contribution in [2.75, 3.05) is 6.54 Å². The van der Waals surface area contributed by atoms with Gasteiger partial charge in [-0.1, -0.05) is 50.3 Å². The van der Waals surface area contributed by atoms with Crippen LogP contribution < -0.4 is 5.32 Å². The van der Waals surface area contributed by atoms with Crippen molar-refractivity contribution in [3.63, 3.8) is 0 Å². The molecule has 0 aliphatic heterocycles. The molecule has 0 radical (unpaired) electrons. The summed E-state index contributed by atoms with van der Waals surface area (Å²) in [6, 6.07) is 10.4. The largest absolute Gasteiger partial charge is 0.388 e. The maximum Gasteiger partial charge on any atom is 0.139 e. The Kier molecular flexibility index (Phi) is 3.85. The van der Waals surface area contributed by atoms with E-state index in [9.17, 15) is 4.79 Å². The van der Waals surface area contributed by atoms with Crippen LogP contribution in [0.4, 0.5) is 0 Å². The van der Waals surface area contributed by atoms with Crippen molar-refractivity contribution in [2.24, 2.45) is 5.41 Å². The molecule has 0 atom stereocenters. The maximum absolute atomic E-state index is 11.6. The molecule has 96 valence electrons. The Hall–Kier alpha value is -1.57. The van der Waals surface area contributed by atoms with E-state index in [1.165, 1.54) is 5.56 Å². The van der Waals surface area contributed by atoms with Gasteiger partial charge in [0.1, 0.15) is 5.78 Å². The molecule has 2 rings (SSSR count). The number of rotatable bonds is 4. The zero-order chi connectivity index (χ0) is 13.0. The van der Waals surface area contributed by atoms with Crippen LogP contribution in [-0.2, 0) is 11.2 Å². The van der Waals surface area contributed by atoms with Crippen LogP contribution in [-0.4, -0.2) is 12.3 Å². The lowest BCUT2D eigenvalue weighted by molar-refractivity contribution is -0.120. The minimum absolute atomic E-state index is 0.00438. The number of allylic oxidation sites excluding steroid dienone is 2.